The Balaban J connectivity index is 1.50. The van der Waals surface area contributed by atoms with Gasteiger partial charge in [0.15, 0.2) is 5.82 Å². The van der Waals surface area contributed by atoms with Crippen LogP contribution in [-0.2, 0) is 9.59 Å². The van der Waals surface area contributed by atoms with Gasteiger partial charge in [-0.1, -0.05) is 12.1 Å². The van der Waals surface area contributed by atoms with Gasteiger partial charge in [0.05, 0.1) is 13.1 Å². The van der Waals surface area contributed by atoms with Crippen molar-refractivity contribution in [1.82, 2.24) is 24.7 Å². The molecule has 2 aliphatic heterocycles. The molecule has 0 spiro atoms. The molecule has 0 bridgehead atoms. The standard InChI is InChI=1S/C19H19N5O3/c1-22-12-16(25)24-10-9-23(11-15(24)19(22)27)18(26)14-5-3-13(4-6-14)17-20-7-2-8-21-17/h2-8,15H,9-12H2,1H3/t15-/m0/s1. The summed E-state index contributed by atoms with van der Waals surface area (Å²) in [7, 11) is 1.61. The number of piperazine rings is 2. The van der Waals surface area contributed by atoms with Crippen molar-refractivity contribution in [2.24, 2.45) is 0 Å². The predicted octanol–water partition coefficient (Wildman–Crippen LogP) is 0.269. The smallest absolute Gasteiger partial charge is 0.253 e. The molecule has 2 aromatic rings. The van der Waals surface area contributed by atoms with Crippen LogP contribution in [0.25, 0.3) is 11.4 Å². The van der Waals surface area contributed by atoms with Crippen LogP contribution in [0.3, 0.4) is 0 Å². The van der Waals surface area contributed by atoms with Crippen LogP contribution in [-0.4, -0.2) is 81.7 Å². The molecule has 2 aliphatic rings. The largest absolute Gasteiger partial charge is 0.335 e. The third-order valence-corrected chi connectivity index (χ3v) is 4.98. The predicted molar refractivity (Wildman–Crippen MR) is 96.5 cm³/mol. The lowest BCUT2D eigenvalue weighted by molar-refractivity contribution is -0.157. The van der Waals surface area contributed by atoms with Crippen LogP contribution in [0.2, 0.25) is 0 Å². The highest BCUT2D eigenvalue weighted by atomic mass is 16.2. The Morgan fingerprint density at radius 2 is 1.78 bits per heavy atom. The quantitative estimate of drug-likeness (QED) is 0.762. The molecule has 1 aromatic heterocycles. The van der Waals surface area contributed by atoms with Gasteiger partial charge in [-0.3, -0.25) is 14.4 Å². The lowest BCUT2D eigenvalue weighted by atomic mass is 10.1. The Kier molecular flexibility index (Phi) is 4.31. The van der Waals surface area contributed by atoms with Crippen LogP contribution in [0, 0.1) is 0 Å². The van der Waals surface area contributed by atoms with E-state index in [0.717, 1.165) is 5.56 Å². The molecule has 138 valence electrons. The Morgan fingerprint density at radius 1 is 1.07 bits per heavy atom. The zero-order chi connectivity index (χ0) is 19.0. The van der Waals surface area contributed by atoms with E-state index in [1.165, 1.54) is 4.90 Å². The van der Waals surface area contributed by atoms with E-state index >= 15 is 0 Å². The fourth-order valence-corrected chi connectivity index (χ4v) is 3.50. The molecule has 27 heavy (non-hydrogen) atoms. The number of fused-ring (bicyclic) bond motifs is 1. The molecule has 8 heteroatoms. The maximum Gasteiger partial charge on any atom is 0.253 e. The second-order valence-electron chi connectivity index (χ2n) is 6.70. The normalized spacial score (nSPS) is 19.9. The van der Waals surface area contributed by atoms with E-state index in [4.69, 9.17) is 0 Å². The van der Waals surface area contributed by atoms with Crippen molar-refractivity contribution in [3.8, 4) is 11.4 Å². The molecular weight excluding hydrogens is 346 g/mol. The number of hydrogen-bond donors (Lipinski definition) is 0. The lowest BCUT2D eigenvalue weighted by Crippen LogP contribution is -2.66. The summed E-state index contributed by atoms with van der Waals surface area (Å²) in [5.41, 5.74) is 1.36. The SMILES string of the molecule is CN1CC(=O)N2CCN(C(=O)c3ccc(-c4ncccn4)cc3)C[C@H]2C1=O. The van der Waals surface area contributed by atoms with Crippen LogP contribution < -0.4 is 0 Å². The highest BCUT2D eigenvalue weighted by molar-refractivity contribution is 5.98. The number of carbonyl (C=O) groups is 3. The van der Waals surface area contributed by atoms with Gasteiger partial charge in [-0.05, 0) is 18.2 Å². The van der Waals surface area contributed by atoms with Crippen LogP contribution in [0.15, 0.2) is 42.7 Å². The number of aromatic nitrogens is 2. The number of nitrogens with zero attached hydrogens (tertiary/aromatic N) is 5. The summed E-state index contributed by atoms with van der Waals surface area (Å²) in [5, 5.41) is 0. The average Bonchev–Trinajstić information content (AvgIpc) is 2.72. The van der Waals surface area contributed by atoms with E-state index in [2.05, 4.69) is 9.97 Å². The van der Waals surface area contributed by atoms with E-state index in [0.29, 0.717) is 24.5 Å². The van der Waals surface area contributed by atoms with E-state index in [1.54, 1.807) is 47.4 Å². The third kappa shape index (κ3) is 3.14. The minimum Gasteiger partial charge on any atom is -0.335 e. The minimum absolute atomic E-state index is 0.0681. The second-order valence-corrected chi connectivity index (χ2v) is 6.70. The number of likely N-dealkylation sites (N-methyl/N-ethyl adjacent to an activating group) is 1. The van der Waals surface area contributed by atoms with E-state index in [-0.39, 0.29) is 30.8 Å². The summed E-state index contributed by atoms with van der Waals surface area (Å²) >= 11 is 0. The first-order chi connectivity index (χ1) is 13.0. The third-order valence-electron chi connectivity index (χ3n) is 4.98. The van der Waals surface area contributed by atoms with Crippen LogP contribution in [0.5, 0.6) is 0 Å². The van der Waals surface area contributed by atoms with Gasteiger partial charge in [0.2, 0.25) is 11.8 Å². The van der Waals surface area contributed by atoms with Crippen molar-refractivity contribution in [3.63, 3.8) is 0 Å². The molecule has 2 fully saturated rings. The van der Waals surface area contributed by atoms with Crippen LogP contribution in [0.1, 0.15) is 10.4 Å². The van der Waals surface area contributed by atoms with Crippen molar-refractivity contribution in [2.75, 3.05) is 33.2 Å². The Labute approximate surface area is 156 Å². The Bertz CT molecular complexity index is 884. The molecule has 3 amide bonds. The monoisotopic (exact) mass is 365 g/mol. The molecule has 8 nitrogen and oxygen atoms in total. The zero-order valence-corrected chi connectivity index (χ0v) is 14.9. The molecule has 3 heterocycles. The van der Waals surface area contributed by atoms with Gasteiger partial charge in [0.25, 0.3) is 5.91 Å². The first-order valence-electron chi connectivity index (χ1n) is 8.76. The Morgan fingerprint density at radius 3 is 2.48 bits per heavy atom. The van der Waals surface area contributed by atoms with Crippen molar-refractivity contribution in [3.05, 3.63) is 48.3 Å². The summed E-state index contributed by atoms with van der Waals surface area (Å²) in [6, 6.07) is 8.24. The molecule has 0 saturated carbocycles. The first kappa shape index (κ1) is 17.1. The van der Waals surface area contributed by atoms with Gasteiger partial charge >= 0.3 is 0 Å². The lowest BCUT2D eigenvalue weighted by Gasteiger charge is -2.45. The molecular formula is C19H19N5O3. The molecule has 0 aliphatic carbocycles. The van der Waals surface area contributed by atoms with Crippen molar-refractivity contribution in [1.29, 1.82) is 0 Å². The number of rotatable bonds is 2. The van der Waals surface area contributed by atoms with Crippen molar-refractivity contribution in [2.45, 2.75) is 6.04 Å². The molecule has 0 N–H and O–H groups in total. The van der Waals surface area contributed by atoms with Crippen molar-refractivity contribution < 1.29 is 14.4 Å². The summed E-state index contributed by atoms with van der Waals surface area (Å²) < 4.78 is 0. The van der Waals surface area contributed by atoms with Gasteiger partial charge in [-0.25, -0.2) is 9.97 Å². The summed E-state index contributed by atoms with van der Waals surface area (Å²) in [5.74, 6) is 0.258. The van der Waals surface area contributed by atoms with Gasteiger partial charge < -0.3 is 14.7 Å². The van der Waals surface area contributed by atoms with Crippen molar-refractivity contribution >= 4 is 17.7 Å². The molecule has 0 radical (unpaired) electrons. The molecule has 4 rings (SSSR count). The maximum absolute atomic E-state index is 12.9. The number of carbonyl (C=O) groups excluding carboxylic acids is 3. The molecule has 1 aromatic carbocycles. The summed E-state index contributed by atoms with van der Waals surface area (Å²) in [6.45, 7) is 1.12. The second kappa shape index (κ2) is 6.79. The highest BCUT2D eigenvalue weighted by Crippen LogP contribution is 2.20. The van der Waals surface area contributed by atoms with Gasteiger partial charge in [-0.2, -0.15) is 0 Å². The van der Waals surface area contributed by atoms with E-state index in [9.17, 15) is 14.4 Å². The first-order valence-corrected chi connectivity index (χ1v) is 8.76. The van der Waals surface area contributed by atoms with Gasteiger partial charge in [0, 0.05) is 43.7 Å². The number of hydrogen-bond acceptors (Lipinski definition) is 5. The number of benzene rings is 1. The van der Waals surface area contributed by atoms with E-state index in [1.807, 2.05) is 12.1 Å². The van der Waals surface area contributed by atoms with Crippen LogP contribution in [0.4, 0.5) is 0 Å². The fourth-order valence-electron chi connectivity index (χ4n) is 3.50. The zero-order valence-electron chi connectivity index (χ0n) is 14.9. The van der Waals surface area contributed by atoms with E-state index < -0.39 is 6.04 Å². The molecule has 0 unspecified atom stereocenters. The highest BCUT2D eigenvalue weighted by Gasteiger charge is 2.42. The molecule has 1 atom stereocenters. The fraction of sp³-hybridized carbons (Fsp3) is 0.316. The summed E-state index contributed by atoms with van der Waals surface area (Å²) in [4.78, 5) is 50.4. The van der Waals surface area contributed by atoms with Gasteiger partial charge in [-0.15, -0.1) is 0 Å². The minimum atomic E-state index is -0.592. The topological polar surface area (TPSA) is 86.7 Å². The number of amides is 3. The Hall–Kier alpha value is -3.29. The van der Waals surface area contributed by atoms with Gasteiger partial charge in [0.1, 0.15) is 6.04 Å². The molecule has 2 saturated heterocycles. The maximum atomic E-state index is 12.9. The van der Waals surface area contributed by atoms with Crippen LogP contribution >= 0.6 is 0 Å². The summed E-state index contributed by atoms with van der Waals surface area (Å²) in [6.07, 6.45) is 3.33. The average molecular weight is 365 g/mol.